The molecule has 1 fully saturated rings. The van der Waals surface area contributed by atoms with E-state index in [0.717, 1.165) is 6.42 Å². The predicted molar refractivity (Wildman–Crippen MR) is 73.0 cm³/mol. The van der Waals surface area contributed by atoms with Crippen molar-refractivity contribution in [3.8, 4) is 0 Å². The quantitative estimate of drug-likeness (QED) is 0.612. The first kappa shape index (κ1) is 14.3. The third-order valence-electron chi connectivity index (χ3n) is 3.31. The van der Waals surface area contributed by atoms with Gasteiger partial charge in [0.1, 0.15) is 4.90 Å². The van der Waals surface area contributed by atoms with E-state index in [1.807, 2.05) is 0 Å². The number of hydrazine groups is 1. The van der Waals surface area contributed by atoms with Crippen molar-refractivity contribution >= 4 is 15.7 Å². The first-order valence-electron chi connectivity index (χ1n) is 6.14. The molecule has 1 aliphatic heterocycles. The molecular weight excluding hydrogens is 266 g/mol. The van der Waals surface area contributed by atoms with Crippen LogP contribution in [0.1, 0.15) is 6.42 Å². The number of ether oxygens (including phenoxy) is 1. The summed E-state index contributed by atoms with van der Waals surface area (Å²) in [5, 5.41) is 0. The molecule has 106 valence electrons. The maximum absolute atomic E-state index is 12.6. The number of sulfonamides is 1. The van der Waals surface area contributed by atoms with Crippen LogP contribution in [0.25, 0.3) is 0 Å². The molecule has 1 saturated heterocycles. The summed E-state index contributed by atoms with van der Waals surface area (Å²) in [5.74, 6) is 5.63. The maximum Gasteiger partial charge on any atom is 0.245 e. The van der Waals surface area contributed by atoms with Gasteiger partial charge in [0, 0.05) is 20.2 Å². The molecular formula is C12H19N3O3S. The zero-order valence-corrected chi connectivity index (χ0v) is 11.7. The number of nitrogens with zero attached hydrogens (tertiary/aromatic N) is 1. The lowest BCUT2D eigenvalue weighted by atomic mass is 10.1. The summed E-state index contributed by atoms with van der Waals surface area (Å²) in [4.78, 5) is 0.218. The van der Waals surface area contributed by atoms with Crippen molar-refractivity contribution in [1.29, 1.82) is 0 Å². The van der Waals surface area contributed by atoms with E-state index in [-0.39, 0.29) is 10.8 Å². The SMILES string of the molecule is COCC1CCN(S(=O)(=O)c2ccccc2NN)C1. The fraction of sp³-hybridized carbons (Fsp3) is 0.500. The first-order chi connectivity index (χ1) is 9.09. The fourth-order valence-corrected chi connectivity index (χ4v) is 4.02. The summed E-state index contributed by atoms with van der Waals surface area (Å²) < 4.78 is 31.7. The number of nitrogens with one attached hydrogen (secondary N) is 1. The topological polar surface area (TPSA) is 84.7 Å². The van der Waals surface area contributed by atoms with Gasteiger partial charge in [0.15, 0.2) is 0 Å². The molecule has 6 nitrogen and oxygen atoms in total. The van der Waals surface area contributed by atoms with Crippen molar-refractivity contribution < 1.29 is 13.2 Å². The van der Waals surface area contributed by atoms with E-state index in [1.54, 1.807) is 31.4 Å². The molecule has 1 unspecified atom stereocenters. The second kappa shape index (κ2) is 5.87. The van der Waals surface area contributed by atoms with E-state index in [4.69, 9.17) is 10.6 Å². The van der Waals surface area contributed by atoms with Crippen LogP contribution < -0.4 is 11.3 Å². The molecule has 0 bridgehead atoms. The van der Waals surface area contributed by atoms with Gasteiger partial charge in [-0.2, -0.15) is 4.31 Å². The zero-order chi connectivity index (χ0) is 13.9. The van der Waals surface area contributed by atoms with Gasteiger partial charge < -0.3 is 10.2 Å². The normalized spacial score (nSPS) is 20.6. The molecule has 1 heterocycles. The minimum Gasteiger partial charge on any atom is -0.384 e. The highest BCUT2D eigenvalue weighted by atomic mass is 32.2. The second-order valence-corrected chi connectivity index (χ2v) is 6.52. The van der Waals surface area contributed by atoms with Crippen LogP contribution in [0.4, 0.5) is 5.69 Å². The lowest BCUT2D eigenvalue weighted by molar-refractivity contribution is 0.157. The molecule has 3 N–H and O–H groups in total. The summed E-state index contributed by atoms with van der Waals surface area (Å²) >= 11 is 0. The summed E-state index contributed by atoms with van der Waals surface area (Å²) in [6.45, 7) is 1.60. The van der Waals surface area contributed by atoms with Crippen molar-refractivity contribution in [2.75, 3.05) is 32.2 Å². The van der Waals surface area contributed by atoms with Crippen molar-refractivity contribution in [2.24, 2.45) is 11.8 Å². The number of nitrogens with two attached hydrogens (primary N) is 1. The van der Waals surface area contributed by atoms with Crippen LogP contribution in [-0.4, -0.2) is 39.5 Å². The van der Waals surface area contributed by atoms with Crippen molar-refractivity contribution in [2.45, 2.75) is 11.3 Å². The van der Waals surface area contributed by atoms with Gasteiger partial charge >= 0.3 is 0 Å². The van der Waals surface area contributed by atoms with Crippen molar-refractivity contribution in [3.63, 3.8) is 0 Å². The van der Waals surface area contributed by atoms with E-state index >= 15 is 0 Å². The van der Waals surface area contributed by atoms with Crippen LogP contribution in [0, 0.1) is 5.92 Å². The van der Waals surface area contributed by atoms with Gasteiger partial charge in [-0.1, -0.05) is 12.1 Å². The van der Waals surface area contributed by atoms with Gasteiger partial charge in [-0.3, -0.25) is 5.84 Å². The fourth-order valence-electron chi connectivity index (χ4n) is 2.34. The molecule has 0 aliphatic carbocycles. The molecule has 0 amide bonds. The third kappa shape index (κ3) is 2.89. The molecule has 1 atom stereocenters. The minimum atomic E-state index is -3.50. The Morgan fingerprint density at radius 1 is 1.47 bits per heavy atom. The van der Waals surface area contributed by atoms with Gasteiger partial charge in [-0.25, -0.2) is 8.42 Å². The van der Waals surface area contributed by atoms with Gasteiger partial charge in [-0.15, -0.1) is 0 Å². The number of anilines is 1. The molecule has 7 heteroatoms. The molecule has 0 spiro atoms. The molecule has 0 saturated carbocycles. The molecule has 1 aromatic rings. The van der Waals surface area contributed by atoms with Crippen LogP contribution in [-0.2, 0) is 14.8 Å². The summed E-state index contributed by atoms with van der Waals surface area (Å²) in [6.07, 6.45) is 0.825. The Morgan fingerprint density at radius 3 is 2.89 bits per heavy atom. The number of nitrogen functional groups attached to an aromatic ring is 1. The van der Waals surface area contributed by atoms with Gasteiger partial charge in [0.2, 0.25) is 10.0 Å². The van der Waals surface area contributed by atoms with Crippen LogP contribution >= 0.6 is 0 Å². The van der Waals surface area contributed by atoms with Crippen molar-refractivity contribution in [1.82, 2.24) is 4.31 Å². The highest BCUT2D eigenvalue weighted by molar-refractivity contribution is 7.89. The predicted octanol–water partition coefficient (Wildman–Crippen LogP) is 0.629. The summed E-state index contributed by atoms with van der Waals surface area (Å²) in [5.41, 5.74) is 2.85. The minimum absolute atomic E-state index is 0.218. The lowest BCUT2D eigenvalue weighted by Gasteiger charge is -2.18. The van der Waals surface area contributed by atoms with E-state index in [9.17, 15) is 8.42 Å². The number of benzene rings is 1. The average molecular weight is 285 g/mol. The second-order valence-electron chi connectivity index (χ2n) is 4.61. The molecule has 1 aliphatic rings. The Labute approximate surface area is 113 Å². The van der Waals surface area contributed by atoms with Gasteiger partial charge in [0.05, 0.1) is 12.3 Å². The van der Waals surface area contributed by atoms with Gasteiger partial charge in [0.25, 0.3) is 0 Å². The zero-order valence-electron chi connectivity index (χ0n) is 10.9. The summed E-state index contributed by atoms with van der Waals surface area (Å²) in [7, 11) is -1.87. The Balaban J connectivity index is 2.24. The van der Waals surface area contributed by atoms with Crippen LogP contribution in [0.5, 0.6) is 0 Å². The largest absolute Gasteiger partial charge is 0.384 e. The molecule has 1 aromatic carbocycles. The third-order valence-corrected chi connectivity index (χ3v) is 5.23. The molecule has 19 heavy (non-hydrogen) atoms. The molecule has 0 aromatic heterocycles. The average Bonchev–Trinajstić information content (AvgIpc) is 2.88. The Bertz CT molecular complexity index is 533. The number of hydrogen-bond acceptors (Lipinski definition) is 5. The number of methoxy groups -OCH3 is 1. The highest BCUT2D eigenvalue weighted by Crippen LogP contribution is 2.28. The molecule has 2 rings (SSSR count). The number of rotatable bonds is 5. The Morgan fingerprint density at radius 2 is 2.21 bits per heavy atom. The smallest absolute Gasteiger partial charge is 0.245 e. The van der Waals surface area contributed by atoms with Crippen LogP contribution in [0.3, 0.4) is 0 Å². The first-order valence-corrected chi connectivity index (χ1v) is 7.58. The Hall–Kier alpha value is -1.15. The number of hydrogen-bond donors (Lipinski definition) is 2. The molecule has 0 radical (unpaired) electrons. The monoisotopic (exact) mass is 285 g/mol. The Kier molecular flexibility index (Phi) is 4.41. The lowest BCUT2D eigenvalue weighted by Crippen LogP contribution is -2.30. The van der Waals surface area contributed by atoms with E-state index in [1.165, 1.54) is 4.31 Å². The summed E-state index contributed by atoms with van der Waals surface area (Å²) in [6, 6.07) is 6.64. The van der Waals surface area contributed by atoms with E-state index < -0.39 is 10.0 Å². The van der Waals surface area contributed by atoms with Gasteiger partial charge in [-0.05, 0) is 24.5 Å². The maximum atomic E-state index is 12.6. The number of para-hydroxylation sites is 1. The van der Waals surface area contributed by atoms with E-state index in [2.05, 4.69) is 5.43 Å². The highest BCUT2D eigenvalue weighted by Gasteiger charge is 2.33. The van der Waals surface area contributed by atoms with E-state index in [0.29, 0.717) is 25.4 Å². The standard InChI is InChI=1S/C12H19N3O3S/c1-18-9-10-6-7-15(8-10)19(16,17)12-5-3-2-4-11(12)14-13/h2-5,10,14H,6-9,13H2,1H3. The van der Waals surface area contributed by atoms with Crippen molar-refractivity contribution in [3.05, 3.63) is 24.3 Å². The van der Waals surface area contributed by atoms with Crippen LogP contribution in [0.2, 0.25) is 0 Å². The van der Waals surface area contributed by atoms with Crippen LogP contribution in [0.15, 0.2) is 29.2 Å².